The molecule has 114 valence electrons. The van der Waals surface area contributed by atoms with Gasteiger partial charge in [0.1, 0.15) is 5.56 Å². The normalized spacial score (nSPS) is 10.3. The van der Waals surface area contributed by atoms with E-state index in [9.17, 15) is 4.79 Å². The van der Waals surface area contributed by atoms with E-state index in [1.165, 1.54) is 7.11 Å². The van der Waals surface area contributed by atoms with Crippen molar-refractivity contribution < 1.29 is 9.53 Å². The molecule has 1 heterocycles. The highest BCUT2D eigenvalue weighted by Gasteiger charge is 2.19. The molecular weight excluding hydrogens is 288 g/mol. The molecule has 0 aliphatic carbocycles. The lowest BCUT2D eigenvalue weighted by molar-refractivity contribution is 0.0997. The van der Waals surface area contributed by atoms with Crippen LogP contribution in [0.3, 0.4) is 0 Å². The van der Waals surface area contributed by atoms with E-state index in [1.54, 1.807) is 0 Å². The van der Waals surface area contributed by atoms with E-state index in [0.717, 1.165) is 16.8 Å². The molecule has 23 heavy (non-hydrogen) atoms. The fraction of sp³-hybridized carbons (Fsp3) is 0.0526. The second kappa shape index (κ2) is 6.32. The van der Waals surface area contributed by atoms with Crippen LogP contribution in [0.1, 0.15) is 10.4 Å². The Hall–Kier alpha value is -3.14. The molecule has 3 aromatic rings. The van der Waals surface area contributed by atoms with E-state index in [-0.39, 0.29) is 5.88 Å². The third kappa shape index (κ3) is 2.92. The first kappa shape index (κ1) is 14.8. The SMILES string of the molecule is COc1nc(-c2ccccc2)cc(-c2ccccc2)c1C(N)=O. The second-order valence-electron chi connectivity index (χ2n) is 5.04. The van der Waals surface area contributed by atoms with Crippen LogP contribution >= 0.6 is 0 Å². The van der Waals surface area contributed by atoms with Crippen LogP contribution in [0.4, 0.5) is 0 Å². The van der Waals surface area contributed by atoms with Crippen LogP contribution in [0.15, 0.2) is 66.7 Å². The molecule has 0 unspecified atom stereocenters. The lowest BCUT2D eigenvalue weighted by atomic mass is 9.98. The van der Waals surface area contributed by atoms with Gasteiger partial charge < -0.3 is 10.5 Å². The number of pyridine rings is 1. The number of ether oxygens (including phenoxy) is 1. The number of hydrogen-bond acceptors (Lipinski definition) is 3. The van der Waals surface area contributed by atoms with Crippen LogP contribution in [0.2, 0.25) is 0 Å². The first-order valence-corrected chi connectivity index (χ1v) is 7.20. The molecule has 0 atom stereocenters. The number of rotatable bonds is 4. The number of amides is 1. The van der Waals surface area contributed by atoms with E-state index >= 15 is 0 Å². The Kier molecular flexibility index (Phi) is 4.06. The summed E-state index contributed by atoms with van der Waals surface area (Å²) in [4.78, 5) is 16.4. The summed E-state index contributed by atoms with van der Waals surface area (Å²) in [7, 11) is 1.48. The van der Waals surface area contributed by atoms with Crippen molar-refractivity contribution in [1.29, 1.82) is 0 Å². The summed E-state index contributed by atoms with van der Waals surface area (Å²) in [6.07, 6.45) is 0. The summed E-state index contributed by atoms with van der Waals surface area (Å²) in [5, 5.41) is 0. The Morgan fingerprint density at radius 2 is 1.52 bits per heavy atom. The van der Waals surface area contributed by atoms with Gasteiger partial charge in [0.05, 0.1) is 12.8 Å². The fourth-order valence-corrected chi connectivity index (χ4v) is 2.51. The van der Waals surface area contributed by atoms with Gasteiger partial charge in [0.25, 0.3) is 5.91 Å². The van der Waals surface area contributed by atoms with Gasteiger partial charge in [0.15, 0.2) is 0 Å². The van der Waals surface area contributed by atoms with Crippen molar-refractivity contribution in [1.82, 2.24) is 4.98 Å². The topological polar surface area (TPSA) is 65.2 Å². The number of methoxy groups -OCH3 is 1. The van der Waals surface area contributed by atoms with E-state index in [4.69, 9.17) is 10.5 Å². The van der Waals surface area contributed by atoms with Crippen LogP contribution in [0.25, 0.3) is 22.4 Å². The van der Waals surface area contributed by atoms with Crippen molar-refractivity contribution in [2.24, 2.45) is 5.73 Å². The van der Waals surface area contributed by atoms with Gasteiger partial charge in [-0.05, 0) is 11.6 Å². The smallest absolute Gasteiger partial charge is 0.254 e. The molecule has 0 fully saturated rings. The molecule has 0 spiro atoms. The quantitative estimate of drug-likeness (QED) is 0.802. The number of carbonyl (C=O) groups excluding carboxylic acids is 1. The van der Waals surface area contributed by atoms with Crippen molar-refractivity contribution in [3.63, 3.8) is 0 Å². The molecular formula is C19H16N2O2. The summed E-state index contributed by atoms with van der Waals surface area (Å²) in [6.45, 7) is 0. The summed E-state index contributed by atoms with van der Waals surface area (Å²) in [5.74, 6) is -0.328. The van der Waals surface area contributed by atoms with Gasteiger partial charge in [-0.15, -0.1) is 0 Å². The minimum absolute atomic E-state index is 0.234. The average molecular weight is 304 g/mol. The summed E-state index contributed by atoms with van der Waals surface area (Å²) in [5.41, 5.74) is 9.12. The fourth-order valence-electron chi connectivity index (χ4n) is 2.51. The van der Waals surface area contributed by atoms with Gasteiger partial charge in [-0.3, -0.25) is 4.79 Å². The van der Waals surface area contributed by atoms with E-state index in [2.05, 4.69) is 4.98 Å². The molecule has 4 heteroatoms. The van der Waals surface area contributed by atoms with Crippen LogP contribution < -0.4 is 10.5 Å². The molecule has 2 N–H and O–H groups in total. The standard InChI is InChI=1S/C19H16N2O2/c1-23-19-17(18(20)22)15(13-8-4-2-5-9-13)12-16(21-19)14-10-6-3-7-11-14/h2-12H,1H3,(H2,20,22). The van der Waals surface area contributed by atoms with E-state index in [0.29, 0.717) is 11.1 Å². The highest BCUT2D eigenvalue weighted by Crippen LogP contribution is 2.33. The number of primary amides is 1. The van der Waals surface area contributed by atoms with Crippen molar-refractivity contribution >= 4 is 5.91 Å². The number of aromatic nitrogens is 1. The first-order chi connectivity index (χ1) is 11.2. The molecule has 0 radical (unpaired) electrons. The molecule has 1 amide bonds. The minimum Gasteiger partial charge on any atom is -0.480 e. The Morgan fingerprint density at radius 3 is 2.04 bits per heavy atom. The molecule has 0 bridgehead atoms. The zero-order valence-electron chi connectivity index (χ0n) is 12.7. The Bertz CT molecular complexity index is 831. The number of nitrogens with two attached hydrogens (primary N) is 1. The molecule has 0 aliphatic rings. The van der Waals surface area contributed by atoms with Crippen molar-refractivity contribution in [2.45, 2.75) is 0 Å². The van der Waals surface area contributed by atoms with Gasteiger partial charge in [-0.2, -0.15) is 0 Å². The molecule has 0 saturated heterocycles. The van der Waals surface area contributed by atoms with Crippen LogP contribution in [0.5, 0.6) is 5.88 Å². The predicted molar refractivity (Wildman–Crippen MR) is 90.2 cm³/mol. The second-order valence-corrected chi connectivity index (χ2v) is 5.04. The lowest BCUT2D eigenvalue weighted by Gasteiger charge is -2.13. The minimum atomic E-state index is -0.562. The zero-order chi connectivity index (χ0) is 16.2. The average Bonchev–Trinajstić information content (AvgIpc) is 2.62. The predicted octanol–water partition coefficient (Wildman–Crippen LogP) is 3.52. The molecule has 1 aromatic heterocycles. The lowest BCUT2D eigenvalue weighted by Crippen LogP contribution is -2.15. The summed E-state index contributed by atoms with van der Waals surface area (Å²) >= 11 is 0. The van der Waals surface area contributed by atoms with Gasteiger partial charge in [-0.1, -0.05) is 60.7 Å². The summed E-state index contributed by atoms with van der Waals surface area (Å²) < 4.78 is 5.32. The zero-order valence-corrected chi connectivity index (χ0v) is 12.7. The Balaban J connectivity index is 2.29. The monoisotopic (exact) mass is 304 g/mol. The maximum absolute atomic E-state index is 11.9. The third-order valence-corrected chi connectivity index (χ3v) is 3.58. The summed E-state index contributed by atoms with van der Waals surface area (Å²) in [6, 6.07) is 21.2. The van der Waals surface area contributed by atoms with E-state index < -0.39 is 5.91 Å². The van der Waals surface area contributed by atoms with Gasteiger partial charge >= 0.3 is 0 Å². The van der Waals surface area contributed by atoms with Crippen LogP contribution in [-0.2, 0) is 0 Å². The maximum atomic E-state index is 11.9. The molecule has 2 aromatic carbocycles. The van der Waals surface area contributed by atoms with Crippen molar-refractivity contribution in [3.8, 4) is 28.3 Å². The van der Waals surface area contributed by atoms with Crippen molar-refractivity contribution in [2.75, 3.05) is 7.11 Å². The van der Waals surface area contributed by atoms with Crippen LogP contribution in [-0.4, -0.2) is 18.0 Å². The van der Waals surface area contributed by atoms with Gasteiger partial charge in [0.2, 0.25) is 5.88 Å². The Labute approximate surface area is 134 Å². The largest absolute Gasteiger partial charge is 0.480 e. The number of nitrogens with zero attached hydrogens (tertiary/aromatic N) is 1. The van der Waals surface area contributed by atoms with Gasteiger partial charge in [0, 0.05) is 11.1 Å². The third-order valence-electron chi connectivity index (χ3n) is 3.58. The van der Waals surface area contributed by atoms with Gasteiger partial charge in [-0.25, -0.2) is 4.98 Å². The van der Waals surface area contributed by atoms with E-state index in [1.807, 2.05) is 66.7 Å². The number of carbonyl (C=O) groups is 1. The highest BCUT2D eigenvalue weighted by atomic mass is 16.5. The molecule has 3 rings (SSSR count). The highest BCUT2D eigenvalue weighted by molar-refractivity contribution is 6.02. The van der Waals surface area contributed by atoms with Crippen molar-refractivity contribution in [3.05, 3.63) is 72.3 Å². The molecule has 4 nitrogen and oxygen atoms in total. The molecule has 0 saturated carbocycles. The molecule has 0 aliphatic heterocycles. The number of benzene rings is 2. The van der Waals surface area contributed by atoms with Crippen LogP contribution in [0, 0.1) is 0 Å². The number of hydrogen-bond donors (Lipinski definition) is 1. The first-order valence-electron chi connectivity index (χ1n) is 7.20. The Morgan fingerprint density at radius 1 is 0.957 bits per heavy atom. The maximum Gasteiger partial charge on any atom is 0.254 e.